The molecule has 0 bridgehead atoms. The van der Waals surface area contributed by atoms with Crippen LogP contribution >= 0.6 is 0 Å². The second kappa shape index (κ2) is 6.59. The molecule has 2 aromatic rings. The fraction of sp³-hybridized carbons (Fsp3) is 0.350. The number of rotatable bonds is 3. The molecule has 1 amide bonds. The molecule has 3 rings (SSSR count). The Kier molecular flexibility index (Phi) is 4.61. The van der Waals surface area contributed by atoms with Gasteiger partial charge in [0.2, 0.25) is 0 Å². The number of benzene rings is 2. The van der Waals surface area contributed by atoms with Crippen molar-refractivity contribution in [2.24, 2.45) is 0 Å². The number of carbonyl (C=O) groups is 1. The minimum Gasteiger partial charge on any atom is -0.493 e. The molecule has 0 spiro atoms. The highest BCUT2D eigenvalue weighted by Crippen LogP contribution is 2.40. The zero-order chi connectivity index (χ0) is 19.1. The van der Waals surface area contributed by atoms with E-state index in [9.17, 15) is 13.6 Å². The van der Waals surface area contributed by atoms with Gasteiger partial charge >= 0.3 is 0 Å². The lowest BCUT2D eigenvalue weighted by molar-refractivity contribution is 0.0685. The van der Waals surface area contributed by atoms with Gasteiger partial charge in [-0.25, -0.2) is 8.78 Å². The minimum atomic E-state index is -1.03. The number of nitrogens with zero attached hydrogens (tertiary/aromatic N) is 1. The van der Waals surface area contributed by atoms with E-state index in [2.05, 4.69) is 0 Å². The third-order valence-electron chi connectivity index (χ3n) is 4.74. The summed E-state index contributed by atoms with van der Waals surface area (Å²) in [4.78, 5) is 14.5. The van der Waals surface area contributed by atoms with Crippen LogP contribution in [0, 0.1) is 11.6 Å². The Morgan fingerprint density at radius 1 is 1.04 bits per heavy atom. The molecule has 1 aliphatic heterocycles. The van der Waals surface area contributed by atoms with Gasteiger partial charge in [0.15, 0.2) is 23.1 Å². The van der Waals surface area contributed by atoms with Crippen LogP contribution in [-0.4, -0.2) is 31.6 Å². The number of halogens is 2. The van der Waals surface area contributed by atoms with Gasteiger partial charge in [-0.15, -0.1) is 0 Å². The van der Waals surface area contributed by atoms with Crippen molar-refractivity contribution in [3.8, 4) is 11.5 Å². The van der Waals surface area contributed by atoms with Gasteiger partial charge in [0, 0.05) is 24.1 Å². The van der Waals surface area contributed by atoms with Crippen LogP contribution in [0.25, 0.3) is 0 Å². The van der Waals surface area contributed by atoms with Crippen molar-refractivity contribution in [1.29, 1.82) is 0 Å². The molecule has 0 N–H and O–H groups in total. The normalized spacial score (nSPS) is 15.4. The maximum absolute atomic E-state index is 13.5. The third-order valence-corrected chi connectivity index (χ3v) is 4.74. The third kappa shape index (κ3) is 3.11. The first-order chi connectivity index (χ1) is 12.3. The van der Waals surface area contributed by atoms with Crippen LogP contribution < -0.4 is 9.47 Å². The average molecular weight is 361 g/mol. The van der Waals surface area contributed by atoms with Crippen LogP contribution in [0.1, 0.15) is 35.3 Å². The molecular weight excluding hydrogens is 340 g/mol. The first-order valence-corrected chi connectivity index (χ1v) is 8.26. The second-order valence-corrected chi connectivity index (χ2v) is 7.04. The molecule has 26 heavy (non-hydrogen) atoms. The van der Waals surface area contributed by atoms with Crippen LogP contribution in [0.2, 0.25) is 0 Å². The molecule has 4 nitrogen and oxygen atoms in total. The summed E-state index contributed by atoms with van der Waals surface area (Å²) < 4.78 is 37.4. The van der Waals surface area contributed by atoms with Gasteiger partial charge in [0.1, 0.15) is 0 Å². The first-order valence-electron chi connectivity index (χ1n) is 8.26. The second-order valence-electron chi connectivity index (χ2n) is 7.04. The van der Waals surface area contributed by atoms with E-state index in [1.54, 1.807) is 19.1 Å². The Bertz CT molecular complexity index is 864. The van der Waals surface area contributed by atoms with Crippen LogP contribution in [0.3, 0.4) is 0 Å². The lowest BCUT2D eigenvalue weighted by Gasteiger charge is -2.40. The summed E-state index contributed by atoms with van der Waals surface area (Å²) in [6, 6.07) is 7.01. The van der Waals surface area contributed by atoms with Gasteiger partial charge in [-0.2, -0.15) is 0 Å². The summed E-state index contributed by atoms with van der Waals surface area (Å²) in [6.45, 7) is 4.87. The molecule has 6 heteroatoms. The number of methoxy groups -OCH3 is 2. The van der Waals surface area contributed by atoms with E-state index in [0.29, 0.717) is 24.6 Å². The number of fused-ring (bicyclic) bond motifs is 1. The van der Waals surface area contributed by atoms with Crippen molar-refractivity contribution in [1.82, 2.24) is 4.90 Å². The highest BCUT2D eigenvalue weighted by atomic mass is 19.2. The van der Waals surface area contributed by atoms with Crippen molar-refractivity contribution in [2.75, 3.05) is 20.8 Å². The number of hydrogen-bond acceptors (Lipinski definition) is 3. The van der Waals surface area contributed by atoms with Crippen molar-refractivity contribution in [3.05, 3.63) is 58.7 Å². The number of hydrogen-bond donors (Lipinski definition) is 0. The molecule has 1 heterocycles. The van der Waals surface area contributed by atoms with E-state index >= 15 is 0 Å². The lowest BCUT2D eigenvalue weighted by atomic mass is 9.78. The predicted molar refractivity (Wildman–Crippen MR) is 93.7 cm³/mol. The smallest absolute Gasteiger partial charge is 0.254 e. The van der Waals surface area contributed by atoms with E-state index in [1.165, 1.54) is 6.07 Å². The summed E-state index contributed by atoms with van der Waals surface area (Å²) >= 11 is 0. The SMILES string of the molecule is COc1cc2c(cc1OC)C(C)(C)CN(C(=O)c1ccc(F)c(F)c1)C2. The van der Waals surface area contributed by atoms with Crippen LogP contribution in [0.5, 0.6) is 11.5 Å². The predicted octanol–water partition coefficient (Wildman–Crippen LogP) is 3.92. The Morgan fingerprint density at radius 2 is 1.69 bits per heavy atom. The molecule has 1 aliphatic rings. The van der Waals surface area contributed by atoms with E-state index in [0.717, 1.165) is 23.3 Å². The van der Waals surface area contributed by atoms with E-state index < -0.39 is 11.6 Å². The Hall–Kier alpha value is -2.63. The molecule has 0 saturated carbocycles. The van der Waals surface area contributed by atoms with Crippen LogP contribution in [-0.2, 0) is 12.0 Å². The van der Waals surface area contributed by atoms with Gasteiger partial charge in [0.25, 0.3) is 5.91 Å². The average Bonchev–Trinajstić information content (AvgIpc) is 2.61. The topological polar surface area (TPSA) is 38.8 Å². The van der Waals surface area contributed by atoms with Gasteiger partial charge in [-0.05, 0) is 41.5 Å². The van der Waals surface area contributed by atoms with Gasteiger partial charge < -0.3 is 14.4 Å². The van der Waals surface area contributed by atoms with Crippen molar-refractivity contribution in [2.45, 2.75) is 25.8 Å². The number of carbonyl (C=O) groups excluding carboxylic acids is 1. The first kappa shape index (κ1) is 18.2. The zero-order valence-electron chi connectivity index (χ0n) is 15.2. The van der Waals surface area contributed by atoms with Crippen LogP contribution in [0.15, 0.2) is 30.3 Å². The summed E-state index contributed by atoms with van der Waals surface area (Å²) in [7, 11) is 3.14. The number of ether oxygens (including phenoxy) is 2. The summed E-state index contributed by atoms with van der Waals surface area (Å²) in [5.74, 6) is -1.11. The van der Waals surface area contributed by atoms with Gasteiger partial charge in [-0.3, -0.25) is 4.79 Å². The largest absolute Gasteiger partial charge is 0.493 e. The monoisotopic (exact) mass is 361 g/mol. The molecule has 0 fully saturated rings. The Balaban J connectivity index is 1.98. The van der Waals surface area contributed by atoms with E-state index in [4.69, 9.17) is 9.47 Å². The van der Waals surface area contributed by atoms with E-state index in [-0.39, 0.29) is 16.9 Å². The van der Waals surface area contributed by atoms with Gasteiger partial charge in [-0.1, -0.05) is 13.8 Å². The highest BCUT2D eigenvalue weighted by molar-refractivity contribution is 5.94. The lowest BCUT2D eigenvalue weighted by Crippen LogP contribution is -2.45. The molecule has 0 unspecified atom stereocenters. The fourth-order valence-corrected chi connectivity index (χ4v) is 3.46. The quantitative estimate of drug-likeness (QED) is 0.832. The summed E-state index contributed by atoms with van der Waals surface area (Å²) in [5, 5.41) is 0. The molecule has 138 valence electrons. The minimum absolute atomic E-state index is 0.128. The van der Waals surface area contributed by atoms with Crippen LogP contribution in [0.4, 0.5) is 8.78 Å². The summed E-state index contributed by atoms with van der Waals surface area (Å²) in [6.07, 6.45) is 0. The van der Waals surface area contributed by atoms with E-state index in [1.807, 2.05) is 26.0 Å². The zero-order valence-corrected chi connectivity index (χ0v) is 15.2. The fourth-order valence-electron chi connectivity index (χ4n) is 3.46. The maximum atomic E-state index is 13.5. The Labute approximate surface area is 151 Å². The van der Waals surface area contributed by atoms with Crippen molar-refractivity contribution >= 4 is 5.91 Å². The highest BCUT2D eigenvalue weighted by Gasteiger charge is 2.35. The number of amides is 1. The molecule has 2 aromatic carbocycles. The Morgan fingerprint density at radius 3 is 2.31 bits per heavy atom. The molecular formula is C20H21F2NO3. The molecule has 0 radical (unpaired) electrons. The molecule has 0 aromatic heterocycles. The summed E-state index contributed by atoms with van der Waals surface area (Å²) in [5.41, 5.74) is 1.81. The van der Waals surface area contributed by atoms with Crippen molar-refractivity contribution in [3.63, 3.8) is 0 Å². The van der Waals surface area contributed by atoms with Crippen molar-refractivity contribution < 1.29 is 23.0 Å². The molecule has 0 atom stereocenters. The standard InChI is InChI=1S/C20H21F2NO3/c1-20(2)11-23(19(24)12-5-6-15(21)16(22)7-12)10-13-8-17(25-3)18(26-4)9-14(13)20/h5-9H,10-11H2,1-4H3. The molecule has 0 saturated heterocycles. The molecule has 0 aliphatic carbocycles. The van der Waals surface area contributed by atoms with Gasteiger partial charge in [0.05, 0.1) is 14.2 Å². The maximum Gasteiger partial charge on any atom is 0.254 e.